The fraction of sp³-hybridized carbons (Fsp3) is 0.185. The molecule has 2 N–H and O–H groups in total. The second-order valence-corrected chi connectivity index (χ2v) is 7.44. The molecular weight excluding hydrogens is 478 g/mol. The lowest BCUT2D eigenvalue weighted by atomic mass is 10.2. The lowest BCUT2D eigenvalue weighted by Crippen LogP contribution is -2.34. The first-order valence-electron chi connectivity index (χ1n) is 11.3. The number of benzene rings is 3. The number of ether oxygens (including phenoxy) is 4. The maximum absolute atomic E-state index is 12.7. The normalized spacial score (nSPS) is 10.5. The van der Waals surface area contributed by atoms with Crippen LogP contribution in [0.5, 0.6) is 23.0 Å². The molecule has 3 aromatic rings. The van der Waals surface area contributed by atoms with E-state index in [0.717, 1.165) is 0 Å². The van der Waals surface area contributed by atoms with Crippen LogP contribution < -0.4 is 29.7 Å². The monoisotopic (exact) mass is 505 g/mol. The zero-order valence-electron chi connectivity index (χ0n) is 20.6. The molecule has 0 aliphatic rings. The summed E-state index contributed by atoms with van der Waals surface area (Å²) in [4.78, 5) is 36.7. The maximum Gasteiger partial charge on any atom is 0.343 e. The summed E-state index contributed by atoms with van der Waals surface area (Å²) < 4.78 is 21.6. The van der Waals surface area contributed by atoms with Crippen molar-refractivity contribution in [3.63, 3.8) is 0 Å². The lowest BCUT2D eigenvalue weighted by molar-refractivity contribution is -0.120. The molecule has 2 amide bonds. The van der Waals surface area contributed by atoms with E-state index in [0.29, 0.717) is 35.0 Å². The fourth-order valence-corrected chi connectivity index (χ4v) is 3.15. The largest absolute Gasteiger partial charge is 0.493 e. The molecule has 10 heteroatoms. The Balaban J connectivity index is 1.61. The topological polar surface area (TPSA) is 125 Å². The second-order valence-electron chi connectivity index (χ2n) is 7.44. The van der Waals surface area contributed by atoms with E-state index in [9.17, 15) is 14.4 Å². The zero-order valence-corrected chi connectivity index (χ0v) is 20.6. The average Bonchev–Trinajstić information content (AvgIpc) is 2.93. The Morgan fingerprint density at radius 3 is 2.27 bits per heavy atom. The second kappa shape index (κ2) is 13.3. The molecule has 0 saturated carbocycles. The molecule has 0 saturated heterocycles. The summed E-state index contributed by atoms with van der Waals surface area (Å²) in [6.45, 7) is 1.89. The minimum atomic E-state index is -0.604. The first-order valence-corrected chi connectivity index (χ1v) is 11.3. The van der Waals surface area contributed by atoms with Gasteiger partial charge in [0.1, 0.15) is 0 Å². The number of nitrogens with zero attached hydrogens (tertiary/aromatic N) is 1. The van der Waals surface area contributed by atoms with Gasteiger partial charge in [-0.05, 0) is 61.0 Å². The third-order valence-corrected chi connectivity index (χ3v) is 4.94. The predicted molar refractivity (Wildman–Crippen MR) is 137 cm³/mol. The first kappa shape index (κ1) is 26.7. The van der Waals surface area contributed by atoms with Crippen molar-refractivity contribution in [1.29, 1.82) is 0 Å². The number of nitrogens with one attached hydrogen (secondary N) is 2. The summed E-state index contributed by atoms with van der Waals surface area (Å²) in [6, 6.07) is 18.1. The lowest BCUT2D eigenvalue weighted by Gasteiger charge is -2.12. The van der Waals surface area contributed by atoms with Crippen molar-refractivity contribution in [2.75, 3.05) is 27.4 Å². The predicted octanol–water partition coefficient (Wildman–Crippen LogP) is 3.20. The molecule has 0 bridgehead atoms. The Morgan fingerprint density at radius 1 is 0.838 bits per heavy atom. The van der Waals surface area contributed by atoms with Gasteiger partial charge < -0.3 is 24.3 Å². The van der Waals surface area contributed by atoms with Crippen molar-refractivity contribution in [2.45, 2.75) is 6.92 Å². The Kier molecular flexibility index (Phi) is 9.60. The molecule has 192 valence electrons. The molecule has 3 aromatic carbocycles. The highest BCUT2D eigenvalue weighted by Crippen LogP contribution is 2.31. The van der Waals surface area contributed by atoms with Crippen molar-refractivity contribution < 1.29 is 33.3 Å². The SMILES string of the molecule is CCOc1cc(C=NNC(=O)CNC(=O)c2ccccc2)ccc1OC(=O)c1ccc(OC)c(OC)c1. The van der Waals surface area contributed by atoms with Crippen molar-refractivity contribution in [1.82, 2.24) is 10.7 Å². The Morgan fingerprint density at radius 2 is 1.57 bits per heavy atom. The summed E-state index contributed by atoms with van der Waals surface area (Å²) >= 11 is 0. The molecule has 0 radical (unpaired) electrons. The number of rotatable bonds is 11. The summed E-state index contributed by atoms with van der Waals surface area (Å²) in [5.74, 6) is -0.0368. The molecule has 0 unspecified atom stereocenters. The smallest absolute Gasteiger partial charge is 0.343 e. The molecule has 0 aliphatic carbocycles. The first-order chi connectivity index (χ1) is 17.9. The van der Waals surface area contributed by atoms with Crippen LogP contribution in [0.3, 0.4) is 0 Å². The van der Waals surface area contributed by atoms with Crippen LogP contribution in [0, 0.1) is 0 Å². The van der Waals surface area contributed by atoms with E-state index >= 15 is 0 Å². The quantitative estimate of drug-likeness (QED) is 0.177. The summed E-state index contributed by atoms with van der Waals surface area (Å²) in [6.07, 6.45) is 1.40. The highest BCUT2D eigenvalue weighted by atomic mass is 16.6. The molecular formula is C27H27N3O7. The van der Waals surface area contributed by atoms with Crippen LogP contribution in [0.2, 0.25) is 0 Å². The standard InChI is InChI=1S/C27H27N3O7/c1-4-36-24-14-18(16-29-30-25(31)17-28-26(32)19-8-6-5-7-9-19)10-12-22(24)37-27(33)20-11-13-21(34-2)23(15-20)35-3/h5-16H,4,17H2,1-3H3,(H,28,32)(H,30,31). The summed E-state index contributed by atoms with van der Waals surface area (Å²) in [5.41, 5.74) is 3.66. The molecule has 0 fully saturated rings. The van der Waals surface area contributed by atoms with Gasteiger partial charge in [0, 0.05) is 5.56 Å². The van der Waals surface area contributed by atoms with Gasteiger partial charge in [-0.1, -0.05) is 18.2 Å². The van der Waals surface area contributed by atoms with E-state index in [1.54, 1.807) is 67.6 Å². The molecule has 3 rings (SSSR count). The summed E-state index contributed by atoms with van der Waals surface area (Å²) in [7, 11) is 2.98. The molecule has 0 spiro atoms. The third kappa shape index (κ3) is 7.56. The molecule has 0 aromatic heterocycles. The minimum Gasteiger partial charge on any atom is -0.493 e. The number of amides is 2. The van der Waals surface area contributed by atoms with Crippen LogP contribution in [0.4, 0.5) is 0 Å². The van der Waals surface area contributed by atoms with Gasteiger partial charge in [0.15, 0.2) is 23.0 Å². The van der Waals surface area contributed by atoms with Crippen molar-refractivity contribution in [3.05, 3.63) is 83.4 Å². The van der Waals surface area contributed by atoms with E-state index in [1.807, 2.05) is 0 Å². The van der Waals surface area contributed by atoms with Gasteiger partial charge in [0.25, 0.3) is 11.8 Å². The Labute approximate surface area is 214 Å². The van der Waals surface area contributed by atoms with Crippen LogP contribution in [0.15, 0.2) is 71.8 Å². The number of carbonyl (C=O) groups excluding carboxylic acids is 3. The van der Waals surface area contributed by atoms with Gasteiger partial charge in [0.05, 0.1) is 39.1 Å². The molecule has 10 nitrogen and oxygen atoms in total. The van der Waals surface area contributed by atoms with Crippen LogP contribution in [-0.2, 0) is 4.79 Å². The summed E-state index contributed by atoms with van der Waals surface area (Å²) in [5, 5.41) is 6.42. The van der Waals surface area contributed by atoms with Crippen LogP contribution >= 0.6 is 0 Å². The number of methoxy groups -OCH3 is 2. The van der Waals surface area contributed by atoms with Gasteiger partial charge in [-0.15, -0.1) is 0 Å². The number of carbonyl (C=O) groups is 3. The number of hydrogen-bond acceptors (Lipinski definition) is 8. The van der Waals surface area contributed by atoms with E-state index in [-0.39, 0.29) is 23.8 Å². The minimum absolute atomic E-state index is 0.214. The van der Waals surface area contributed by atoms with E-state index in [4.69, 9.17) is 18.9 Å². The van der Waals surface area contributed by atoms with E-state index in [1.165, 1.54) is 26.5 Å². The van der Waals surface area contributed by atoms with Gasteiger partial charge in [0.2, 0.25) is 0 Å². The Bertz CT molecular complexity index is 1280. The highest BCUT2D eigenvalue weighted by Gasteiger charge is 2.16. The van der Waals surface area contributed by atoms with Crippen LogP contribution in [0.1, 0.15) is 33.2 Å². The van der Waals surface area contributed by atoms with Crippen molar-refractivity contribution in [2.24, 2.45) is 5.10 Å². The van der Waals surface area contributed by atoms with Crippen LogP contribution in [0.25, 0.3) is 0 Å². The number of hydrazone groups is 1. The van der Waals surface area contributed by atoms with Crippen molar-refractivity contribution >= 4 is 24.0 Å². The van der Waals surface area contributed by atoms with E-state index in [2.05, 4.69) is 15.8 Å². The zero-order chi connectivity index (χ0) is 26.6. The van der Waals surface area contributed by atoms with Crippen molar-refractivity contribution in [3.8, 4) is 23.0 Å². The average molecular weight is 506 g/mol. The number of esters is 1. The Hall–Kier alpha value is -4.86. The molecule has 0 heterocycles. The maximum atomic E-state index is 12.7. The van der Waals surface area contributed by atoms with Gasteiger partial charge >= 0.3 is 5.97 Å². The molecule has 0 atom stereocenters. The third-order valence-electron chi connectivity index (χ3n) is 4.94. The fourth-order valence-electron chi connectivity index (χ4n) is 3.15. The van der Waals surface area contributed by atoms with Gasteiger partial charge in [-0.3, -0.25) is 9.59 Å². The van der Waals surface area contributed by atoms with Crippen LogP contribution in [-0.4, -0.2) is 51.4 Å². The molecule has 0 aliphatic heterocycles. The van der Waals surface area contributed by atoms with Gasteiger partial charge in [-0.25, -0.2) is 10.2 Å². The highest BCUT2D eigenvalue weighted by molar-refractivity contribution is 5.96. The molecule has 37 heavy (non-hydrogen) atoms. The number of hydrogen-bond donors (Lipinski definition) is 2. The van der Waals surface area contributed by atoms with Gasteiger partial charge in [-0.2, -0.15) is 5.10 Å². The van der Waals surface area contributed by atoms with E-state index < -0.39 is 11.9 Å².